The molecular weight excluding hydrogens is 551 g/mol. The summed E-state index contributed by atoms with van der Waals surface area (Å²) in [7, 11) is -11.7. The Morgan fingerprint density at radius 3 is 2.25 bits per heavy atom. The van der Waals surface area contributed by atoms with Gasteiger partial charge in [0.05, 0.1) is 12.9 Å². The molecular formula is C10H12Li4N5O13P3S. The molecule has 0 saturated carbocycles. The molecule has 1 fully saturated rings. The van der Waals surface area contributed by atoms with Gasteiger partial charge in [0, 0.05) is 6.80 Å². The van der Waals surface area contributed by atoms with Crippen molar-refractivity contribution < 1.29 is 132 Å². The molecule has 4 unspecified atom stereocenters. The van der Waals surface area contributed by atoms with Gasteiger partial charge in [-0.15, -0.1) is 0 Å². The number of imidazole rings is 1. The molecule has 0 bridgehead atoms. The molecule has 3 rings (SSSR count). The third kappa shape index (κ3) is 10.00. The largest absolute Gasteiger partial charge is 1.00 e. The number of fused-ring (bicyclic) bond motifs is 1. The van der Waals surface area contributed by atoms with Crippen LogP contribution in [0.25, 0.3) is 11.2 Å². The quantitative estimate of drug-likeness (QED) is 0.132. The zero-order chi connectivity index (χ0) is 24.1. The van der Waals surface area contributed by atoms with Crippen LogP contribution in [0.4, 0.5) is 5.95 Å². The SMILES string of the molecule is Nc1nc2c(ncn2[C@@H]2O[C@H](COP(=O)([O-])OP(=O)([O-])OP(=O)([O-])[S-])C(O)[C@@H]2O)c(=O)[nH]1.[Li+].[Li+].[Li+].[Li+]. The summed E-state index contributed by atoms with van der Waals surface area (Å²) >= 11 is 3.67. The Hall–Kier alpha value is 1.22. The van der Waals surface area contributed by atoms with E-state index < -0.39 is 59.1 Å². The van der Waals surface area contributed by atoms with E-state index in [0.717, 1.165) is 10.9 Å². The van der Waals surface area contributed by atoms with Gasteiger partial charge in [-0.3, -0.25) is 27.8 Å². The number of hydrogen-bond acceptors (Lipinski definition) is 17. The maximum atomic E-state index is 11.8. The number of ether oxygens (including phenoxy) is 1. The number of aliphatic hydroxyl groups is 2. The number of hydrogen-bond donors (Lipinski definition) is 4. The number of H-pyrrole nitrogens is 1. The molecule has 1 aliphatic rings. The van der Waals surface area contributed by atoms with Crippen LogP contribution in [0.1, 0.15) is 6.23 Å². The molecule has 7 atom stereocenters. The third-order valence-electron chi connectivity index (χ3n) is 3.86. The van der Waals surface area contributed by atoms with Gasteiger partial charge in [-0.25, -0.2) is 9.29 Å². The smallest absolute Gasteiger partial charge is 0.797 e. The van der Waals surface area contributed by atoms with Crippen LogP contribution in [0.5, 0.6) is 0 Å². The molecule has 18 nitrogen and oxygen atoms in total. The van der Waals surface area contributed by atoms with Gasteiger partial charge in [0.25, 0.3) is 21.2 Å². The van der Waals surface area contributed by atoms with Crippen molar-refractivity contribution in [1.82, 2.24) is 19.5 Å². The van der Waals surface area contributed by atoms with Crippen LogP contribution in [0.15, 0.2) is 11.1 Å². The average Bonchev–Trinajstić information content (AvgIpc) is 3.12. The second-order valence-corrected chi connectivity index (χ2v) is 11.7. The number of aromatic nitrogens is 4. The molecule has 2 aromatic rings. The fraction of sp³-hybridized carbons (Fsp3) is 0.500. The first kappa shape index (κ1) is 39.4. The summed E-state index contributed by atoms with van der Waals surface area (Å²) in [4.78, 5) is 55.3. The number of rotatable bonds is 8. The summed E-state index contributed by atoms with van der Waals surface area (Å²) in [6.45, 7) is -6.41. The summed E-state index contributed by atoms with van der Waals surface area (Å²) in [5, 5.41) is 20.4. The standard InChI is InChI=1S/C10H16N5O13P3S.4Li/c11-10-13-7-4(8(18)14-10)12-2-15(7)9-6(17)5(16)3(26-9)1-25-29(19,20)27-30(21,22)28-31(23,24)32;;;;/h2-3,5-6,9,16-17H,1H2,(H,19,20)(H,21,22)(H2,23,24,32)(H3,11,13,14,18);;;;/q;4*+1/p-4/t3-,5?,6+,9-;;;;/m1..../s1. The Balaban J connectivity index is 0. The molecule has 36 heavy (non-hydrogen) atoms. The van der Waals surface area contributed by atoms with Gasteiger partial charge < -0.3 is 56.7 Å². The summed E-state index contributed by atoms with van der Waals surface area (Å²) in [6, 6.07) is 0. The molecule has 1 saturated heterocycles. The topological polar surface area (TPSA) is 287 Å². The normalized spacial score (nSPS) is 26.2. The Bertz CT molecular complexity index is 1230. The molecule has 1 aliphatic heterocycles. The number of aliphatic hydroxyl groups excluding tert-OH is 2. The number of nitrogens with one attached hydrogen (secondary N) is 1. The summed E-state index contributed by atoms with van der Waals surface area (Å²) in [5.74, 6) is -0.285. The van der Waals surface area contributed by atoms with Crippen molar-refractivity contribution in [3.63, 3.8) is 0 Å². The minimum Gasteiger partial charge on any atom is -0.797 e. The van der Waals surface area contributed by atoms with Crippen LogP contribution < -0.4 is 101 Å². The number of nitrogen functional groups attached to an aromatic ring is 1. The summed E-state index contributed by atoms with van der Waals surface area (Å²) in [5.41, 5.74) is 4.46. The van der Waals surface area contributed by atoms with E-state index in [9.17, 15) is 43.4 Å². The van der Waals surface area contributed by atoms with Crippen LogP contribution in [0.3, 0.4) is 0 Å². The second-order valence-electron chi connectivity index (χ2n) is 6.12. The molecule has 0 spiro atoms. The number of nitrogens with zero attached hydrogens (tertiary/aromatic N) is 3. The van der Waals surface area contributed by atoms with E-state index in [1.165, 1.54) is 0 Å². The van der Waals surface area contributed by atoms with E-state index >= 15 is 0 Å². The van der Waals surface area contributed by atoms with Gasteiger partial charge in [0.2, 0.25) is 5.95 Å². The van der Waals surface area contributed by atoms with Gasteiger partial charge in [0.15, 0.2) is 17.4 Å². The molecule has 3 heterocycles. The molecule has 26 heteroatoms. The van der Waals surface area contributed by atoms with Crippen LogP contribution in [-0.4, -0.2) is 54.7 Å². The van der Waals surface area contributed by atoms with E-state index in [4.69, 9.17) is 10.5 Å². The number of aromatic amines is 1. The minimum absolute atomic E-state index is 0. The van der Waals surface area contributed by atoms with Crippen molar-refractivity contribution in [2.75, 3.05) is 12.3 Å². The van der Waals surface area contributed by atoms with Crippen molar-refractivity contribution in [3.8, 4) is 0 Å². The van der Waals surface area contributed by atoms with Gasteiger partial charge in [-0.1, -0.05) is 0 Å². The van der Waals surface area contributed by atoms with Gasteiger partial charge in [-0.2, -0.15) is 4.98 Å². The number of phosphoric ester groups is 1. The van der Waals surface area contributed by atoms with Gasteiger partial charge in [-0.05, 0) is 0 Å². The van der Waals surface area contributed by atoms with Crippen molar-refractivity contribution in [1.29, 1.82) is 0 Å². The zero-order valence-electron chi connectivity index (χ0n) is 19.1. The Morgan fingerprint density at radius 2 is 1.69 bits per heavy atom. The van der Waals surface area contributed by atoms with E-state index in [2.05, 4.69) is 40.3 Å². The average molecular weight is 563 g/mol. The first-order chi connectivity index (χ1) is 14.6. The monoisotopic (exact) mass is 563 g/mol. The van der Waals surface area contributed by atoms with Crippen LogP contribution in [-0.2, 0) is 43.8 Å². The fourth-order valence-electron chi connectivity index (χ4n) is 2.67. The predicted octanol–water partition coefficient (Wildman–Crippen LogP) is -15.7. The second kappa shape index (κ2) is 14.7. The van der Waals surface area contributed by atoms with E-state index in [-0.39, 0.29) is 92.6 Å². The minimum atomic E-state index is -5.96. The number of phosphoric acid groups is 2. The maximum absolute atomic E-state index is 11.8. The van der Waals surface area contributed by atoms with Crippen LogP contribution in [0, 0.1) is 0 Å². The van der Waals surface area contributed by atoms with Crippen molar-refractivity contribution in [3.05, 3.63) is 16.7 Å². The van der Waals surface area contributed by atoms with Crippen molar-refractivity contribution >= 4 is 51.8 Å². The molecule has 0 aliphatic carbocycles. The number of nitrogens with two attached hydrogens (primary N) is 1. The van der Waals surface area contributed by atoms with Crippen molar-refractivity contribution in [2.45, 2.75) is 24.5 Å². The van der Waals surface area contributed by atoms with Gasteiger partial charge in [0.1, 0.15) is 18.3 Å². The third-order valence-corrected chi connectivity index (χ3v) is 8.12. The summed E-state index contributed by atoms with van der Waals surface area (Å²) < 4.78 is 51.2. The molecule has 180 valence electrons. The Labute approximate surface area is 255 Å². The van der Waals surface area contributed by atoms with E-state index in [0.29, 0.717) is 0 Å². The van der Waals surface area contributed by atoms with Gasteiger partial charge >= 0.3 is 75.4 Å². The first-order valence-electron chi connectivity index (χ1n) is 8.04. The maximum Gasteiger partial charge on any atom is 1.00 e. The molecule has 0 amide bonds. The summed E-state index contributed by atoms with van der Waals surface area (Å²) in [6.07, 6.45) is -5.46. The first-order valence-corrected chi connectivity index (χ1v) is 13.5. The van der Waals surface area contributed by atoms with Crippen LogP contribution in [0.2, 0.25) is 0 Å². The molecule has 0 aromatic carbocycles. The van der Waals surface area contributed by atoms with Crippen molar-refractivity contribution in [2.24, 2.45) is 0 Å². The van der Waals surface area contributed by atoms with E-state index in [1.54, 1.807) is 0 Å². The Kier molecular flexibility index (Phi) is 16.1. The molecule has 0 radical (unpaired) electrons. The zero-order valence-corrected chi connectivity index (χ0v) is 22.6. The van der Waals surface area contributed by atoms with E-state index in [1.807, 2.05) is 0 Å². The molecule has 5 N–H and O–H groups in total. The predicted molar refractivity (Wildman–Crippen MR) is 96.8 cm³/mol. The number of anilines is 1. The fourth-order valence-corrected chi connectivity index (χ4v) is 6.27. The molecule has 2 aromatic heterocycles. The van der Waals surface area contributed by atoms with Crippen LogP contribution >= 0.6 is 22.4 Å². The Morgan fingerprint density at radius 1 is 1.11 bits per heavy atom.